The number of aromatic nitrogens is 4. The summed E-state index contributed by atoms with van der Waals surface area (Å²) < 4.78 is 0. The Balaban J connectivity index is 2.64. The van der Waals surface area contributed by atoms with Gasteiger partial charge in [-0.1, -0.05) is 29.3 Å². The zero-order valence-corrected chi connectivity index (χ0v) is 7.84. The number of hydrogen-bond acceptors (Lipinski definition) is 3. The summed E-state index contributed by atoms with van der Waals surface area (Å²) in [5, 5.41) is 14.4. The fraction of sp³-hybridized carbons (Fsp3) is 0. The molecule has 0 saturated heterocycles. The van der Waals surface area contributed by atoms with Gasteiger partial charge in [0, 0.05) is 0 Å². The van der Waals surface area contributed by atoms with E-state index in [1.165, 1.54) is 0 Å². The fourth-order valence-corrected chi connectivity index (χ4v) is 1.55. The van der Waals surface area contributed by atoms with E-state index in [1.807, 2.05) is 0 Å². The van der Waals surface area contributed by atoms with E-state index in [2.05, 4.69) is 20.6 Å². The van der Waals surface area contributed by atoms with Crippen LogP contribution in [0.2, 0.25) is 10.0 Å². The van der Waals surface area contributed by atoms with Gasteiger partial charge in [-0.05, 0) is 17.3 Å². The van der Waals surface area contributed by atoms with Crippen LogP contribution in [0.4, 0.5) is 0 Å². The minimum absolute atomic E-state index is 0.399. The largest absolute Gasteiger partial charge is 0.207 e. The van der Waals surface area contributed by atoms with Crippen LogP contribution < -0.4 is 0 Å². The van der Waals surface area contributed by atoms with E-state index in [9.17, 15) is 0 Å². The predicted molar refractivity (Wildman–Crippen MR) is 49.6 cm³/mol. The molecule has 66 valence electrons. The minimum Gasteiger partial charge on any atom is -0.177 e. The van der Waals surface area contributed by atoms with Gasteiger partial charge in [0.15, 0.2) is 0 Å². The second-order valence-corrected chi connectivity index (χ2v) is 3.15. The lowest BCUT2D eigenvalue weighted by molar-refractivity contribution is 0.881. The quantitative estimate of drug-likeness (QED) is 0.792. The van der Waals surface area contributed by atoms with Crippen molar-refractivity contribution >= 4 is 23.2 Å². The van der Waals surface area contributed by atoms with Gasteiger partial charge in [-0.15, -0.1) is 10.2 Å². The Morgan fingerprint density at radius 1 is 1.15 bits per heavy atom. The standard InChI is InChI=1S/C7H4Cl2N4/c8-4-2-1-3-5(9)6(4)7-10-12-13-11-7/h1-3H,(H,10,11,12,13). The van der Waals surface area contributed by atoms with Gasteiger partial charge in [0.2, 0.25) is 5.82 Å². The van der Waals surface area contributed by atoms with Gasteiger partial charge in [0.05, 0.1) is 15.6 Å². The first-order valence-corrected chi connectivity index (χ1v) is 4.22. The summed E-state index contributed by atoms with van der Waals surface area (Å²) in [5.74, 6) is 0.399. The number of tetrazole rings is 1. The monoisotopic (exact) mass is 214 g/mol. The van der Waals surface area contributed by atoms with Gasteiger partial charge in [-0.25, -0.2) is 0 Å². The Morgan fingerprint density at radius 2 is 1.85 bits per heavy atom. The summed E-state index contributed by atoms with van der Waals surface area (Å²) in [6.45, 7) is 0. The second-order valence-electron chi connectivity index (χ2n) is 2.33. The van der Waals surface area contributed by atoms with Crippen molar-refractivity contribution in [2.45, 2.75) is 0 Å². The first-order valence-electron chi connectivity index (χ1n) is 3.47. The van der Waals surface area contributed by atoms with E-state index in [0.717, 1.165) is 0 Å². The molecule has 0 radical (unpaired) electrons. The van der Waals surface area contributed by atoms with Crippen molar-refractivity contribution in [2.24, 2.45) is 0 Å². The summed E-state index contributed by atoms with van der Waals surface area (Å²) >= 11 is 11.8. The second kappa shape index (κ2) is 3.32. The molecule has 0 aliphatic rings. The van der Waals surface area contributed by atoms with Crippen molar-refractivity contribution in [1.29, 1.82) is 0 Å². The maximum absolute atomic E-state index is 5.91. The number of nitrogens with one attached hydrogen (secondary N) is 1. The van der Waals surface area contributed by atoms with Gasteiger partial charge in [-0.3, -0.25) is 0 Å². The number of benzene rings is 1. The third-order valence-electron chi connectivity index (χ3n) is 1.53. The summed E-state index contributed by atoms with van der Waals surface area (Å²) in [7, 11) is 0. The van der Waals surface area contributed by atoms with Crippen LogP contribution in [0.1, 0.15) is 0 Å². The Bertz CT molecular complexity index is 392. The Labute approximate surface area is 83.9 Å². The highest BCUT2D eigenvalue weighted by Gasteiger charge is 2.11. The Morgan fingerprint density at radius 3 is 2.38 bits per heavy atom. The lowest BCUT2D eigenvalue weighted by Crippen LogP contribution is -1.83. The van der Waals surface area contributed by atoms with E-state index >= 15 is 0 Å². The van der Waals surface area contributed by atoms with E-state index in [4.69, 9.17) is 23.2 Å². The average Bonchev–Trinajstić information content (AvgIpc) is 2.57. The molecule has 13 heavy (non-hydrogen) atoms. The van der Waals surface area contributed by atoms with E-state index < -0.39 is 0 Å². The molecule has 2 rings (SSSR count). The van der Waals surface area contributed by atoms with Crippen LogP contribution in [0.5, 0.6) is 0 Å². The number of halogens is 2. The van der Waals surface area contributed by atoms with Crippen LogP contribution in [-0.2, 0) is 0 Å². The molecule has 0 aliphatic heterocycles. The topological polar surface area (TPSA) is 54.5 Å². The zero-order valence-electron chi connectivity index (χ0n) is 6.33. The number of rotatable bonds is 1. The fourth-order valence-electron chi connectivity index (χ4n) is 0.979. The molecule has 0 unspecified atom stereocenters. The molecule has 1 N–H and O–H groups in total. The third kappa shape index (κ3) is 1.50. The van der Waals surface area contributed by atoms with Gasteiger partial charge >= 0.3 is 0 Å². The molecule has 4 nitrogen and oxygen atoms in total. The van der Waals surface area contributed by atoms with Crippen molar-refractivity contribution in [3.63, 3.8) is 0 Å². The molecular formula is C7H4Cl2N4. The maximum atomic E-state index is 5.91. The first kappa shape index (κ1) is 8.47. The highest BCUT2D eigenvalue weighted by atomic mass is 35.5. The summed E-state index contributed by atoms with van der Waals surface area (Å²) in [5.41, 5.74) is 0.597. The van der Waals surface area contributed by atoms with Crippen LogP contribution >= 0.6 is 23.2 Å². The summed E-state index contributed by atoms with van der Waals surface area (Å²) in [4.78, 5) is 0. The van der Waals surface area contributed by atoms with Crippen molar-refractivity contribution < 1.29 is 0 Å². The van der Waals surface area contributed by atoms with E-state index in [1.54, 1.807) is 18.2 Å². The van der Waals surface area contributed by atoms with E-state index in [0.29, 0.717) is 21.4 Å². The average molecular weight is 215 g/mol. The molecule has 1 heterocycles. The van der Waals surface area contributed by atoms with Crippen molar-refractivity contribution in [1.82, 2.24) is 20.6 Å². The van der Waals surface area contributed by atoms with E-state index in [-0.39, 0.29) is 0 Å². The number of aromatic amines is 1. The lowest BCUT2D eigenvalue weighted by Gasteiger charge is -1.99. The molecule has 0 spiro atoms. The Kier molecular flexibility index (Phi) is 2.16. The summed E-state index contributed by atoms with van der Waals surface area (Å²) in [6.07, 6.45) is 0. The van der Waals surface area contributed by atoms with Crippen molar-refractivity contribution in [2.75, 3.05) is 0 Å². The molecule has 1 aromatic carbocycles. The lowest BCUT2D eigenvalue weighted by atomic mass is 10.2. The molecule has 2 aromatic rings. The smallest absolute Gasteiger partial charge is 0.177 e. The molecular weight excluding hydrogens is 211 g/mol. The first-order chi connectivity index (χ1) is 6.29. The number of nitrogens with zero attached hydrogens (tertiary/aromatic N) is 3. The Hall–Kier alpha value is -1.13. The molecule has 0 saturated carbocycles. The van der Waals surface area contributed by atoms with Gasteiger partial charge in [-0.2, -0.15) is 5.21 Å². The molecule has 0 bridgehead atoms. The van der Waals surface area contributed by atoms with Crippen LogP contribution in [-0.4, -0.2) is 20.6 Å². The van der Waals surface area contributed by atoms with Crippen molar-refractivity contribution in [3.05, 3.63) is 28.2 Å². The molecule has 0 aliphatic carbocycles. The normalized spacial score (nSPS) is 10.3. The number of H-pyrrole nitrogens is 1. The van der Waals surface area contributed by atoms with Crippen LogP contribution in [0, 0.1) is 0 Å². The maximum Gasteiger partial charge on any atom is 0.207 e. The van der Waals surface area contributed by atoms with Gasteiger partial charge in [0.1, 0.15) is 0 Å². The highest BCUT2D eigenvalue weighted by molar-refractivity contribution is 6.38. The van der Waals surface area contributed by atoms with Crippen LogP contribution in [0.25, 0.3) is 11.4 Å². The van der Waals surface area contributed by atoms with Gasteiger partial charge < -0.3 is 0 Å². The number of hydrogen-bond donors (Lipinski definition) is 1. The van der Waals surface area contributed by atoms with Crippen LogP contribution in [0.3, 0.4) is 0 Å². The zero-order chi connectivity index (χ0) is 9.26. The molecule has 0 atom stereocenters. The third-order valence-corrected chi connectivity index (χ3v) is 2.16. The molecule has 1 aromatic heterocycles. The SMILES string of the molecule is Clc1cccc(Cl)c1-c1nn[nH]n1. The minimum atomic E-state index is 0.399. The molecule has 0 fully saturated rings. The summed E-state index contributed by atoms with van der Waals surface area (Å²) in [6, 6.07) is 5.20. The highest BCUT2D eigenvalue weighted by Crippen LogP contribution is 2.31. The van der Waals surface area contributed by atoms with Gasteiger partial charge in [0.25, 0.3) is 0 Å². The van der Waals surface area contributed by atoms with Crippen LogP contribution in [0.15, 0.2) is 18.2 Å². The molecule has 0 amide bonds. The molecule has 6 heteroatoms. The van der Waals surface area contributed by atoms with Crippen molar-refractivity contribution in [3.8, 4) is 11.4 Å². The predicted octanol–water partition coefficient (Wildman–Crippen LogP) is 2.17.